The van der Waals surface area contributed by atoms with E-state index in [1.165, 1.54) is 44.9 Å². The maximum Gasteiger partial charge on any atom is 0.183 e. The molecule has 0 aliphatic carbocycles. The summed E-state index contributed by atoms with van der Waals surface area (Å²) in [5.41, 5.74) is 0. The molecule has 0 unspecified atom stereocenters. The van der Waals surface area contributed by atoms with Crippen LogP contribution in [0.25, 0.3) is 0 Å². The van der Waals surface area contributed by atoms with Gasteiger partial charge < -0.3 is 4.43 Å². The first-order chi connectivity index (χ1) is 9.06. The van der Waals surface area contributed by atoms with Crippen LogP contribution in [-0.4, -0.2) is 14.9 Å². The van der Waals surface area contributed by atoms with Crippen LogP contribution in [0.2, 0.25) is 19.6 Å². The van der Waals surface area contributed by atoms with Crippen LogP contribution in [0.1, 0.15) is 58.3 Å². The van der Waals surface area contributed by atoms with Gasteiger partial charge in [0.1, 0.15) is 0 Å². The van der Waals surface area contributed by atoms with Gasteiger partial charge in [0.15, 0.2) is 8.32 Å². The lowest BCUT2D eigenvalue weighted by Gasteiger charge is -2.16. The molecule has 0 heterocycles. The molecule has 0 spiro atoms. The molecule has 19 heavy (non-hydrogen) atoms. The SMILES string of the molecule is CCC=CC=CCCCCCCCCO[Si](C)(C)C. The summed E-state index contributed by atoms with van der Waals surface area (Å²) >= 11 is 0. The summed E-state index contributed by atoms with van der Waals surface area (Å²) in [5, 5.41) is 0. The molecule has 0 fully saturated rings. The van der Waals surface area contributed by atoms with Gasteiger partial charge in [-0.1, -0.05) is 56.9 Å². The predicted molar refractivity (Wildman–Crippen MR) is 90.2 cm³/mol. The van der Waals surface area contributed by atoms with Gasteiger partial charge in [0.05, 0.1) is 0 Å². The number of rotatable bonds is 12. The Labute approximate surface area is 122 Å². The van der Waals surface area contributed by atoms with Gasteiger partial charge in [0.2, 0.25) is 0 Å². The fourth-order valence-electron chi connectivity index (χ4n) is 1.84. The fraction of sp³-hybridized carbons (Fsp3) is 0.765. The van der Waals surface area contributed by atoms with Crippen LogP contribution < -0.4 is 0 Å². The maximum absolute atomic E-state index is 5.84. The predicted octanol–water partition coefficient (Wildman–Crippen LogP) is 6.09. The second-order valence-electron chi connectivity index (χ2n) is 6.14. The van der Waals surface area contributed by atoms with E-state index in [1.807, 2.05) is 0 Å². The fourth-order valence-corrected chi connectivity index (χ4v) is 2.60. The molecule has 0 atom stereocenters. The Balaban J connectivity index is 3.15. The van der Waals surface area contributed by atoms with Gasteiger partial charge >= 0.3 is 0 Å². The third-order valence-corrected chi connectivity index (χ3v) is 3.99. The summed E-state index contributed by atoms with van der Waals surface area (Å²) in [6, 6.07) is 0. The van der Waals surface area contributed by atoms with Crippen LogP contribution in [-0.2, 0) is 4.43 Å². The monoisotopic (exact) mass is 282 g/mol. The van der Waals surface area contributed by atoms with Gasteiger partial charge in [0, 0.05) is 6.61 Å². The third kappa shape index (κ3) is 17.7. The highest BCUT2D eigenvalue weighted by Gasteiger charge is 2.12. The lowest BCUT2D eigenvalue weighted by Crippen LogP contribution is -2.25. The zero-order valence-electron chi connectivity index (χ0n) is 13.6. The Morgan fingerprint density at radius 1 is 0.789 bits per heavy atom. The first-order valence-corrected chi connectivity index (χ1v) is 11.4. The van der Waals surface area contributed by atoms with Crippen molar-refractivity contribution in [2.75, 3.05) is 6.61 Å². The summed E-state index contributed by atoms with van der Waals surface area (Å²) in [6.07, 6.45) is 19.2. The van der Waals surface area contributed by atoms with E-state index in [1.54, 1.807) is 0 Å². The molecule has 0 N–H and O–H groups in total. The highest BCUT2D eigenvalue weighted by atomic mass is 28.4. The zero-order valence-corrected chi connectivity index (χ0v) is 14.6. The first-order valence-electron chi connectivity index (χ1n) is 8.02. The van der Waals surface area contributed by atoms with E-state index in [4.69, 9.17) is 4.43 Å². The topological polar surface area (TPSA) is 9.23 Å². The normalized spacial score (nSPS) is 12.8. The average molecular weight is 283 g/mol. The van der Waals surface area contributed by atoms with Crippen molar-refractivity contribution in [2.45, 2.75) is 77.9 Å². The highest BCUT2D eigenvalue weighted by molar-refractivity contribution is 6.69. The molecule has 1 nitrogen and oxygen atoms in total. The number of hydrogen-bond acceptors (Lipinski definition) is 1. The van der Waals surface area contributed by atoms with Gasteiger partial charge in [-0.3, -0.25) is 0 Å². The number of allylic oxidation sites excluding steroid dienone is 4. The molecule has 0 amide bonds. The molecule has 0 saturated heterocycles. The van der Waals surface area contributed by atoms with E-state index >= 15 is 0 Å². The molecular weight excluding hydrogens is 248 g/mol. The van der Waals surface area contributed by atoms with Crippen molar-refractivity contribution in [3.05, 3.63) is 24.3 Å². The van der Waals surface area contributed by atoms with Crippen molar-refractivity contribution in [3.8, 4) is 0 Å². The summed E-state index contributed by atoms with van der Waals surface area (Å²) in [6.45, 7) is 9.92. The summed E-state index contributed by atoms with van der Waals surface area (Å²) in [5.74, 6) is 0. The van der Waals surface area contributed by atoms with Crippen molar-refractivity contribution < 1.29 is 4.43 Å². The van der Waals surface area contributed by atoms with Crippen molar-refractivity contribution in [1.82, 2.24) is 0 Å². The van der Waals surface area contributed by atoms with Crippen LogP contribution in [0.15, 0.2) is 24.3 Å². The minimum Gasteiger partial charge on any atom is -0.418 e. The zero-order chi connectivity index (χ0) is 14.4. The third-order valence-electron chi connectivity index (χ3n) is 2.92. The molecule has 112 valence electrons. The van der Waals surface area contributed by atoms with Gasteiger partial charge in [0.25, 0.3) is 0 Å². The van der Waals surface area contributed by atoms with E-state index in [-0.39, 0.29) is 0 Å². The van der Waals surface area contributed by atoms with Crippen molar-refractivity contribution >= 4 is 8.32 Å². The minimum atomic E-state index is -1.27. The van der Waals surface area contributed by atoms with Crippen molar-refractivity contribution in [2.24, 2.45) is 0 Å². The second-order valence-corrected chi connectivity index (χ2v) is 10.6. The van der Waals surface area contributed by atoms with Gasteiger partial charge in [-0.2, -0.15) is 0 Å². The molecular formula is C17H34OSi. The standard InChI is InChI=1S/C17H34OSi/c1-5-6-7-8-9-10-11-12-13-14-15-16-17-18-19(2,3)4/h6-9H,5,10-17H2,1-4H3. The highest BCUT2D eigenvalue weighted by Crippen LogP contribution is 2.09. The van der Waals surface area contributed by atoms with Crippen molar-refractivity contribution in [3.63, 3.8) is 0 Å². The van der Waals surface area contributed by atoms with E-state index in [0.717, 1.165) is 13.0 Å². The first kappa shape index (κ1) is 18.7. The van der Waals surface area contributed by atoms with Gasteiger partial charge in [-0.15, -0.1) is 0 Å². The van der Waals surface area contributed by atoms with E-state index in [2.05, 4.69) is 50.9 Å². The average Bonchev–Trinajstić information content (AvgIpc) is 2.34. The Bertz CT molecular complexity index is 238. The van der Waals surface area contributed by atoms with Crippen LogP contribution in [0.3, 0.4) is 0 Å². The molecule has 2 heteroatoms. The largest absolute Gasteiger partial charge is 0.418 e. The van der Waals surface area contributed by atoms with E-state index in [9.17, 15) is 0 Å². The van der Waals surface area contributed by atoms with Gasteiger partial charge in [-0.05, 0) is 45.3 Å². The molecule has 0 radical (unpaired) electrons. The van der Waals surface area contributed by atoms with Crippen LogP contribution in [0, 0.1) is 0 Å². The molecule has 0 rings (SSSR count). The van der Waals surface area contributed by atoms with Crippen LogP contribution >= 0.6 is 0 Å². The quantitative estimate of drug-likeness (QED) is 0.239. The molecule has 0 aromatic carbocycles. The lowest BCUT2D eigenvalue weighted by atomic mass is 10.1. The number of unbranched alkanes of at least 4 members (excludes halogenated alkanes) is 6. The molecule has 0 aromatic heterocycles. The van der Waals surface area contributed by atoms with E-state index in [0.29, 0.717) is 0 Å². The Morgan fingerprint density at radius 3 is 2.00 bits per heavy atom. The van der Waals surface area contributed by atoms with Crippen LogP contribution in [0.5, 0.6) is 0 Å². The van der Waals surface area contributed by atoms with Gasteiger partial charge in [-0.25, -0.2) is 0 Å². The Kier molecular flexibility index (Phi) is 12.4. The van der Waals surface area contributed by atoms with E-state index < -0.39 is 8.32 Å². The Morgan fingerprint density at radius 2 is 1.37 bits per heavy atom. The minimum absolute atomic E-state index is 0.974. The maximum atomic E-state index is 5.84. The second kappa shape index (κ2) is 12.7. The molecule has 0 aromatic rings. The molecule has 0 aliphatic rings. The van der Waals surface area contributed by atoms with Crippen LogP contribution in [0.4, 0.5) is 0 Å². The molecule has 0 bridgehead atoms. The molecule has 0 aliphatic heterocycles. The summed E-state index contributed by atoms with van der Waals surface area (Å²) in [4.78, 5) is 0. The van der Waals surface area contributed by atoms with Crippen molar-refractivity contribution in [1.29, 1.82) is 0 Å². The Hall–Kier alpha value is -0.343. The molecule has 0 saturated carbocycles. The summed E-state index contributed by atoms with van der Waals surface area (Å²) in [7, 11) is -1.27. The number of hydrogen-bond donors (Lipinski definition) is 0. The smallest absolute Gasteiger partial charge is 0.183 e. The summed E-state index contributed by atoms with van der Waals surface area (Å²) < 4.78 is 5.84. The lowest BCUT2D eigenvalue weighted by molar-refractivity contribution is 0.298.